The van der Waals surface area contributed by atoms with Gasteiger partial charge in [0.25, 0.3) is 5.69 Å². The molecule has 6 rings (SSSR count). The lowest BCUT2D eigenvalue weighted by atomic mass is 9.49. The summed E-state index contributed by atoms with van der Waals surface area (Å²) in [6.07, 6.45) is 6.55. The summed E-state index contributed by atoms with van der Waals surface area (Å²) in [5.74, 6) is 1.80. The Morgan fingerprint density at radius 2 is 2.06 bits per heavy atom. The molecule has 0 aromatic heterocycles. The van der Waals surface area contributed by atoms with E-state index in [0.717, 1.165) is 5.92 Å². The summed E-state index contributed by atoms with van der Waals surface area (Å²) in [5, 5.41) is 23.5. The second kappa shape index (κ2) is 7.40. The zero-order chi connectivity index (χ0) is 21.8. The van der Waals surface area contributed by atoms with Gasteiger partial charge in [-0.15, -0.1) is 0 Å². The fourth-order valence-corrected chi connectivity index (χ4v) is 6.91. The molecule has 1 saturated heterocycles. The van der Waals surface area contributed by atoms with E-state index in [9.17, 15) is 14.9 Å². The number of ether oxygens (including phenoxy) is 1. The molecule has 1 N–H and O–H groups in total. The van der Waals surface area contributed by atoms with Crippen LogP contribution in [0.25, 0.3) is 0 Å². The van der Waals surface area contributed by atoms with E-state index in [4.69, 9.17) is 10.00 Å². The molecule has 8 heteroatoms. The first-order valence-electron chi connectivity index (χ1n) is 11.2. The molecule has 4 saturated carbocycles. The number of nitriles is 1. The molecule has 1 aliphatic heterocycles. The number of amides is 1. The van der Waals surface area contributed by atoms with Crippen molar-refractivity contribution in [3.05, 3.63) is 33.9 Å². The summed E-state index contributed by atoms with van der Waals surface area (Å²) in [7, 11) is 0. The van der Waals surface area contributed by atoms with Crippen LogP contribution in [0.3, 0.4) is 0 Å². The van der Waals surface area contributed by atoms with Gasteiger partial charge in [0.05, 0.1) is 16.6 Å². The summed E-state index contributed by atoms with van der Waals surface area (Å²) in [6.45, 7) is 3.43. The minimum atomic E-state index is -0.489. The summed E-state index contributed by atoms with van der Waals surface area (Å²) >= 11 is 0. The second-order valence-electron chi connectivity index (χ2n) is 10.3. The third kappa shape index (κ3) is 3.71. The zero-order valence-corrected chi connectivity index (χ0v) is 17.8. The largest absolute Gasteiger partial charge is 0.446 e. The van der Waals surface area contributed by atoms with E-state index < -0.39 is 4.92 Å². The standard InChI is InChI=1S/C23H28N4O4/c1-23-9-15-6-16(10-23)21(17(7-15)11-23)31-22(28)26-5-4-18(13-26)25-19-3-2-14(12-24)8-20(19)27(29)30/h2-3,8,15-18,21,25H,4-7,9-11,13H2,1H3/t15?,16?,17?,18-,21?,23?/m1/s1. The van der Waals surface area contributed by atoms with E-state index in [1.165, 1.54) is 38.2 Å². The minimum Gasteiger partial charge on any atom is -0.446 e. The van der Waals surface area contributed by atoms with Gasteiger partial charge in [-0.25, -0.2) is 4.79 Å². The van der Waals surface area contributed by atoms with Gasteiger partial charge < -0.3 is 15.0 Å². The van der Waals surface area contributed by atoms with Crippen molar-refractivity contribution in [1.82, 2.24) is 4.90 Å². The van der Waals surface area contributed by atoms with Gasteiger partial charge in [-0.3, -0.25) is 10.1 Å². The van der Waals surface area contributed by atoms with Gasteiger partial charge in [0.2, 0.25) is 0 Å². The average molecular weight is 425 g/mol. The van der Waals surface area contributed by atoms with Crippen molar-refractivity contribution in [2.24, 2.45) is 23.2 Å². The van der Waals surface area contributed by atoms with E-state index in [1.54, 1.807) is 17.0 Å². The Morgan fingerprint density at radius 3 is 2.71 bits per heavy atom. The van der Waals surface area contributed by atoms with Crippen LogP contribution in [0.15, 0.2) is 18.2 Å². The highest BCUT2D eigenvalue weighted by Gasteiger charge is 2.55. The number of rotatable bonds is 4. The van der Waals surface area contributed by atoms with E-state index in [1.807, 2.05) is 6.07 Å². The Balaban J connectivity index is 1.20. The SMILES string of the molecule is CC12CC3CC(C1)C(OC(=O)N1CC[C@@H](Nc4ccc(C#N)cc4[N+](=O)[O-])C1)C(C3)C2. The molecule has 1 amide bonds. The molecule has 1 aromatic rings. The second-order valence-corrected chi connectivity index (χ2v) is 10.3. The Morgan fingerprint density at radius 1 is 1.32 bits per heavy atom. The minimum absolute atomic E-state index is 0.0451. The molecule has 5 aliphatic rings. The number of carbonyl (C=O) groups excluding carboxylic acids is 1. The van der Waals surface area contributed by atoms with Crippen molar-refractivity contribution in [3.63, 3.8) is 0 Å². The van der Waals surface area contributed by atoms with Crippen LogP contribution in [0.4, 0.5) is 16.2 Å². The van der Waals surface area contributed by atoms with Crippen LogP contribution in [0, 0.1) is 44.6 Å². The van der Waals surface area contributed by atoms with Crippen LogP contribution in [-0.4, -0.2) is 41.2 Å². The maximum absolute atomic E-state index is 12.9. The molecule has 2 unspecified atom stereocenters. The summed E-state index contributed by atoms with van der Waals surface area (Å²) in [5.41, 5.74) is 0.941. The quantitative estimate of drug-likeness (QED) is 0.570. The van der Waals surface area contributed by atoms with Gasteiger partial charge in [0, 0.05) is 25.2 Å². The molecule has 4 aliphatic carbocycles. The van der Waals surface area contributed by atoms with Gasteiger partial charge in [0.15, 0.2) is 0 Å². The van der Waals surface area contributed by atoms with Crippen LogP contribution in [0.2, 0.25) is 0 Å². The number of hydrogen-bond donors (Lipinski definition) is 1. The Hall–Kier alpha value is -2.82. The summed E-state index contributed by atoms with van der Waals surface area (Å²) in [4.78, 5) is 25.5. The lowest BCUT2D eigenvalue weighted by molar-refractivity contribution is -0.384. The fourth-order valence-electron chi connectivity index (χ4n) is 6.91. The molecule has 8 nitrogen and oxygen atoms in total. The maximum Gasteiger partial charge on any atom is 0.410 e. The van der Waals surface area contributed by atoms with Gasteiger partial charge in [0.1, 0.15) is 11.8 Å². The van der Waals surface area contributed by atoms with E-state index >= 15 is 0 Å². The lowest BCUT2D eigenvalue weighted by Gasteiger charge is -2.58. The highest BCUT2D eigenvalue weighted by atomic mass is 16.6. The fraction of sp³-hybridized carbons (Fsp3) is 0.652. The zero-order valence-electron chi connectivity index (χ0n) is 17.8. The van der Waals surface area contributed by atoms with Crippen molar-refractivity contribution < 1.29 is 14.5 Å². The molecule has 3 atom stereocenters. The molecular formula is C23H28N4O4. The van der Waals surface area contributed by atoms with E-state index in [0.29, 0.717) is 42.4 Å². The number of nitro groups is 1. The Kier molecular flexibility index (Phi) is 4.80. The normalized spacial score (nSPS) is 35.6. The first kappa shape index (κ1) is 20.1. The molecule has 5 fully saturated rings. The predicted molar refractivity (Wildman–Crippen MR) is 113 cm³/mol. The molecule has 164 valence electrons. The van der Waals surface area contributed by atoms with Gasteiger partial charge >= 0.3 is 6.09 Å². The monoisotopic (exact) mass is 424 g/mol. The third-order valence-corrected chi connectivity index (χ3v) is 7.86. The van der Waals surface area contributed by atoms with E-state index in [2.05, 4.69) is 12.2 Å². The van der Waals surface area contributed by atoms with E-state index in [-0.39, 0.29) is 29.5 Å². The van der Waals surface area contributed by atoms with Crippen LogP contribution >= 0.6 is 0 Å². The Bertz CT molecular complexity index is 941. The molecule has 0 radical (unpaired) electrons. The average Bonchev–Trinajstić information content (AvgIpc) is 3.18. The topological polar surface area (TPSA) is 108 Å². The highest BCUT2D eigenvalue weighted by molar-refractivity contribution is 5.69. The number of likely N-dealkylation sites (tertiary alicyclic amines) is 1. The summed E-state index contributed by atoms with van der Waals surface area (Å²) < 4.78 is 6.06. The van der Waals surface area contributed by atoms with Crippen molar-refractivity contribution in [2.45, 2.75) is 57.6 Å². The Labute approximate surface area is 181 Å². The van der Waals surface area contributed by atoms with Crippen molar-refractivity contribution in [1.29, 1.82) is 5.26 Å². The first-order valence-corrected chi connectivity index (χ1v) is 11.2. The smallest absolute Gasteiger partial charge is 0.410 e. The van der Waals surface area contributed by atoms with Crippen molar-refractivity contribution in [3.8, 4) is 6.07 Å². The van der Waals surface area contributed by atoms with Gasteiger partial charge in [-0.05, 0) is 73.8 Å². The number of nitro benzene ring substituents is 1. The highest BCUT2D eigenvalue weighted by Crippen LogP contribution is 2.60. The molecule has 1 aromatic carbocycles. The maximum atomic E-state index is 12.9. The summed E-state index contributed by atoms with van der Waals surface area (Å²) in [6, 6.07) is 6.24. The number of hydrogen-bond acceptors (Lipinski definition) is 6. The molecular weight excluding hydrogens is 396 g/mol. The number of anilines is 1. The number of carbonyl (C=O) groups is 1. The van der Waals surface area contributed by atoms with Crippen molar-refractivity contribution >= 4 is 17.5 Å². The predicted octanol–water partition coefficient (Wildman–Crippen LogP) is 4.30. The molecule has 0 spiro atoms. The van der Waals surface area contributed by atoms with Gasteiger partial charge in [-0.2, -0.15) is 5.26 Å². The molecule has 31 heavy (non-hydrogen) atoms. The number of nitrogens with zero attached hydrogens (tertiary/aromatic N) is 3. The number of nitrogens with one attached hydrogen (secondary N) is 1. The number of benzene rings is 1. The lowest BCUT2D eigenvalue weighted by Crippen LogP contribution is -2.54. The van der Waals surface area contributed by atoms with Crippen LogP contribution in [0.1, 0.15) is 51.0 Å². The molecule has 4 bridgehead atoms. The first-order chi connectivity index (χ1) is 14.8. The third-order valence-electron chi connectivity index (χ3n) is 7.86. The molecule has 1 heterocycles. The van der Waals surface area contributed by atoms with Crippen LogP contribution in [-0.2, 0) is 4.74 Å². The van der Waals surface area contributed by atoms with Crippen molar-refractivity contribution in [2.75, 3.05) is 18.4 Å². The van der Waals surface area contributed by atoms with Crippen LogP contribution in [0.5, 0.6) is 0 Å². The van der Waals surface area contributed by atoms with Gasteiger partial charge in [-0.1, -0.05) is 6.92 Å². The van der Waals surface area contributed by atoms with Crippen LogP contribution < -0.4 is 5.32 Å².